The molecular weight excluding hydrogens is 410 g/mol. The second kappa shape index (κ2) is 10.3. The zero-order chi connectivity index (χ0) is 23.3. The fourth-order valence-electron chi connectivity index (χ4n) is 3.88. The number of hydrogen-bond donors (Lipinski definition) is 3. The normalized spacial score (nSPS) is 13.2. The Morgan fingerprint density at radius 2 is 1.81 bits per heavy atom. The van der Waals surface area contributed by atoms with Crippen molar-refractivity contribution in [2.45, 2.75) is 45.3 Å². The molecule has 0 amide bonds. The fraction of sp³-hybridized carbons (Fsp3) is 0.375. The number of fused-ring (bicyclic) bond motifs is 1. The van der Waals surface area contributed by atoms with E-state index in [9.17, 15) is 19.8 Å². The van der Waals surface area contributed by atoms with E-state index in [2.05, 4.69) is 10.3 Å². The Labute approximate surface area is 186 Å². The average molecular weight is 440 g/mol. The van der Waals surface area contributed by atoms with E-state index in [1.165, 1.54) is 0 Å². The molecule has 3 rings (SSSR count). The number of benzene rings is 2. The van der Waals surface area contributed by atoms with Crippen LogP contribution in [0, 0.1) is 5.92 Å². The van der Waals surface area contributed by atoms with Gasteiger partial charge in [-0.25, -0.2) is 4.98 Å². The number of imidazole rings is 1. The van der Waals surface area contributed by atoms with Crippen LogP contribution in [0.25, 0.3) is 10.8 Å². The summed E-state index contributed by atoms with van der Waals surface area (Å²) in [6.45, 7) is 4.25. The van der Waals surface area contributed by atoms with Gasteiger partial charge in [0.25, 0.3) is 0 Å². The second-order valence-electron chi connectivity index (χ2n) is 8.26. The predicted octanol–water partition coefficient (Wildman–Crippen LogP) is 3.18. The Hall–Kier alpha value is -3.39. The minimum absolute atomic E-state index is 0.101. The highest BCUT2D eigenvalue weighted by Gasteiger charge is 2.27. The SMILES string of the molecule is COc1ccc2ccccc2c1Cn1cncc1CC(NC(CC(C)C)C(=O)O)C(=O)O. The minimum atomic E-state index is -1.10. The van der Waals surface area contributed by atoms with Crippen LogP contribution in [-0.2, 0) is 22.6 Å². The fourth-order valence-corrected chi connectivity index (χ4v) is 3.88. The Balaban J connectivity index is 1.87. The van der Waals surface area contributed by atoms with E-state index in [1.54, 1.807) is 19.6 Å². The summed E-state index contributed by atoms with van der Waals surface area (Å²) in [5.41, 5.74) is 1.65. The monoisotopic (exact) mass is 439 g/mol. The first-order chi connectivity index (χ1) is 15.3. The summed E-state index contributed by atoms with van der Waals surface area (Å²) in [6, 6.07) is 9.90. The summed E-state index contributed by atoms with van der Waals surface area (Å²) in [4.78, 5) is 27.7. The lowest BCUT2D eigenvalue weighted by Crippen LogP contribution is -2.49. The van der Waals surface area contributed by atoms with Crippen molar-refractivity contribution < 1.29 is 24.5 Å². The van der Waals surface area contributed by atoms with Crippen LogP contribution in [0.1, 0.15) is 31.5 Å². The van der Waals surface area contributed by atoms with Gasteiger partial charge in [-0.2, -0.15) is 0 Å². The van der Waals surface area contributed by atoms with Crippen LogP contribution in [0.15, 0.2) is 48.9 Å². The van der Waals surface area contributed by atoms with E-state index in [1.807, 2.05) is 54.8 Å². The number of methoxy groups -OCH3 is 1. The van der Waals surface area contributed by atoms with Gasteiger partial charge in [-0.05, 0) is 29.2 Å². The second-order valence-corrected chi connectivity index (χ2v) is 8.26. The number of carboxylic acids is 2. The summed E-state index contributed by atoms with van der Waals surface area (Å²) >= 11 is 0. The summed E-state index contributed by atoms with van der Waals surface area (Å²) in [6.07, 6.45) is 3.71. The highest BCUT2D eigenvalue weighted by Crippen LogP contribution is 2.29. The Morgan fingerprint density at radius 3 is 2.47 bits per heavy atom. The van der Waals surface area contributed by atoms with Crippen LogP contribution < -0.4 is 10.1 Å². The first kappa shape index (κ1) is 23.3. The molecule has 0 radical (unpaired) electrons. The molecule has 0 bridgehead atoms. The Bertz CT molecular complexity index is 1090. The van der Waals surface area contributed by atoms with Crippen LogP contribution in [0.2, 0.25) is 0 Å². The maximum absolute atomic E-state index is 11.9. The van der Waals surface area contributed by atoms with Gasteiger partial charge in [-0.1, -0.05) is 44.2 Å². The molecule has 3 aromatic rings. The van der Waals surface area contributed by atoms with Crippen molar-refractivity contribution in [2.24, 2.45) is 5.92 Å². The first-order valence-electron chi connectivity index (χ1n) is 10.6. The molecule has 0 aliphatic rings. The van der Waals surface area contributed by atoms with Crippen molar-refractivity contribution in [1.82, 2.24) is 14.9 Å². The molecule has 0 fully saturated rings. The van der Waals surface area contributed by atoms with Gasteiger partial charge in [0.05, 0.1) is 20.0 Å². The molecule has 32 heavy (non-hydrogen) atoms. The van der Waals surface area contributed by atoms with Crippen molar-refractivity contribution in [3.63, 3.8) is 0 Å². The minimum Gasteiger partial charge on any atom is -0.496 e. The molecule has 3 N–H and O–H groups in total. The maximum Gasteiger partial charge on any atom is 0.321 e. The molecule has 0 aliphatic carbocycles. The maximum atomic E-state index is 11.9. The molecule has 2 atom stereocenters. The quantitative estimate of drug-likeness (QED) is 0.420. The van der Waals surface area contributed by atoms with Gasteiger partial charge < -0.3 is 19.5 Å². The van der Waals surface area contributed by atoms with E-state index in [0.29, 0.717) is 18.7 Å². The molecule has 0 aliphatic heterocycles. The Morgan fingerprint density at radius 1 is 1.09 bits per heavy atom. The standard InChI is InChI=1S/C24H29N3O5/c1-15(2)10-20(23(28)29)26-21(24(30)31)11-17-12-25-14-27(17)13-19-18-7-5-4-6-16(18)8-9-22(19)32-3/h4-9,12,14-15,20-21,26H,10-11,13H2,1-3H3,(H,28,29)(H,30,31). The van der Waals surface area contributed by atoms with E-state index >= 15 is 0 Å². The lowest BCUT2D eigenvalue weighted by atomic mass is 10.0. The molecule has 1 heterocycles. The third-order valence-corrected chi connectivity index (χ3v) is 5.46. The van der Waals surface area contributed by atoms with Crippen LogP contribution in [0.4, 0.5) is 0 Å². The number of nitrogens with zero attached hydrogens (tertiary/aromatic N) is 2. The molecule has 170 valence electrons. The molecular formula is C24H29N3O5. The van der Waals surface area contributed by atoms with E-state index < -0.39 is 24.0 Å². The van der Waals surface area contributed by atoms with Crippen LogP contribution >= 0.6 is 0 Å². The molecule has 2 unspecified atom stereocenters. The zero-order valence-corrected chi connectivity index (χ0v) is 18.5. The number of rotatable bonds is 11. The van der Waals surface area contributed by atoms with Gasteiger partial charge in [0.2, 0.25) is 0 Å². The third-order valence-electron chi connectivity index (χ3n) is 5.46. The number of aliphatic carboxylic acids is 2. The molecule has 2 aromatic carbocycles. The van der Waals surface area contributed by atoms with E-state index in [4.69, 9.17) is 4.74 Å². The smallest absolute Gasteiger partial charge is 0.321 e. The topological polar surface area (TPSA) is 114 Å². The number of hydrogen-bond acceptors (Lipinski definition) is 5. The van der Waals surface area contributed by atoms with Gasteiger partial charge in [0.15, 0.2) is 0 Å². The number of aromatic nitrogens is 2. The highest BCUT2D eigenvalue weighted by atomic mass is 16.5. The van der Waals surface area contributed by atoms with Crippen molar-refractivity contribution in [2.75, 3.05) is 7.11 Å². The number of carboxylic acid groups (broad SMARTS) is 2. The molecule has 8 nitrogen and oxygen atoms in total. The van der Waals surface area contributed by atoms with Gasteiger partial charge in [-0.15, -0.1) is 0 Å². The van der Waals surface area contributed by atoms with Crippen molar-refractivity contribution in [1.29, 1.82) is 0 Å². The van der Waals surface area contributed by atoms with Gasteiger partial charge in [0.1, 0.15) is 17.8 Å². The number of carbonyl (C=O) groups is 2. The van der Waals surface area contributed by atoms with Crippen molar-refractivity contribution in [3.05, 3.63) is 60.2 Å². The van der Waals surface area contributed by atoms with Gasteiger partial charge >= 0.3 is 11.9 Å². The summed E-state index contributed by atoms with van der Waals surface area (Å²) in [7, 11) is 1.62. The average Bonchev–Trinajstić information content (AvgIpc) is 3.19. The summed E-state index contributed by atoms with van der Waals surface area (Å²) in [5, 5.41) is 24.2. The third kappa shape index (κ3) is 5.45. The van der Waals surface area contributed by atoms with Crippen LogP contribution in [0.3, 0.4) is 0 Å². The van der Waals surface area contributed by atoms with E-state index in [0.717, 1.165) is 22.1 Å². The highest BCUT2D eigenvalue weighted by molar-refractivity contribution is 5.87. The van der Waals surface area contributed by atoms with Crippen molar-refractivity contribution in [3.8, 4) is 5.75 Å². The summed E-state index contributed by atoms with van der Waals surface area (Å²) < 4.78 is 7.45. The molecule has 0 spiro atoms. The lowest BCUT2D eigenvalue weighted by Gasteiger charge is -2.22. The predicted molar refractivity (Wildman–Crippen MR) is 121 cm³/mol. The van der Waals surface area contributed by atoms with Crippen LogP contribution in [-0.4, -0.2) is 50.9 Å². The molecule has 1 aromatic heterocycles. The largest absolute Gasteiger partial charge is 0.496 e. The Kier molecular flexibility index (Phi) is 7.48. The first-order valence-corrected chi connectivity index (χ1v) is 10.6. The van der Waals surface area contributed by atoms with Gasteiger partial charge in [-0.3, -0.25) is 14.9 Å². The van der Waals surface area contributed by atoms with Crippen LogP contribution in [0.5, 0.6) is 5.75 Å². The van der Waals surface area contributed by atoms with Crippen molar-refractivity contribution >= 4 is 22.7 Å². The zero-order valence-electron chi connectivity index (χ0n) is 18.5. The molecule has 8 heteroatoms. The number of nitrogens with one attached hydrogen (secondary N) is 1. The lowest BCUT2D eigenvalue weighted by molar-refractivity contribution is -0.142. The van der Waals surface area contributed by atoms with Gasteiger partial charge in [0, 0.05) is 23.9 Å². The summed E-state index contributed by atoms with van der Waals surface area (Å²) in [5.74, 6) is -1.31. The number of ether oxygens (including phenoxy) is 1. The molecule has 0 saturated carbocycles. The van der Waals surface area contributed by atoms with E-state index in [-0.39, 0.29) is 12.3 Å². The molecule has 0 saturated heterocycles.